The van der Waals surface area contributed by atoms with E-state index in [1.54, 1.807) is 0 Å². The number of anilines is 1. The highest BCUT2D eigenvalue weighted by Gasteiger charge is 2.25. The van der Waals surface area contributed by atoms with E-state index in [0.717, 1.165) is 18.2 Å². The van der Waals surface area contributed by atoms with Crippen LogP contribution in [0.3, 0.4) is 0 Å². The molecule has 1 amide bonds. The molecule has 0 spiro atoms. The summed E-state index contributed by atoms with van der Waals surface area (Å²) in [5, 5.41) is 12.6. The predicted octanol–water partition coefficient (Wildman–Crippen LogP) is 3.37. The third kappa shape index (κ3) is 5.47. The summed E-state index contributed by atoms with van der Waals surface area (Å²) in [4.78, 5) is 23.2. The number of ketones is 1. The molecule has 0 heterocycles. The molecule has 10 nitrogen and oxygen atoms in total. The second-order valence-electron chi connectivity index (χ2n) is 6.95. The molecule has 1 unspecified atom stereocenters. The molecule has 0 bridgehead atoms. The average Bonchev–Trinajstić information content (AvgIpc) is 2.75. The van der Waals surface area contributed by atoms with Crippen molar-refractivity contribution < 1.29 is 40.6 Å². The van der Waals surface area contributed by atoms with Gasteiger partial charge in [-0.3, -0.25) is 18.7 Å². The molecule has 3 rings (SSSR count). The molecule has 0 saturated heterocycles. The van der Waals surface area contributed by atoms with Gasteiger partial charge in [0, 0.05) is 39.0 Å². The van der Waals surface area contributed by atoms with Crippen LogP contribution in [0.15, 0.2) is 58.3 Å². The van der Waals surface area contributed by atoms with Crippen LogP contribution in [0.4, 0.5) is 5.69 Å². The Morgan fingerprint density at radius 2 is 1.65 bits per heavy atom. The van der Waals surface area contributed by atoms with Crippen molar-refractivity contribution in [2.75, 3.05) is 10.6 Å². The van der Waals surface area contributed by atoms with E-state index in [9.17, 15) is 40.6 Å². The Balaban J connectivity index is 2.20. The molecule has 0 fully saturated rings. The summed E-state index contributed by atoms with van der Waals surface area (Å²) in [6.07, 6.45) is 0. The van der Waals surface area contributed by atoms with Gasteiger partial charge in [-0.2, -0.15) is 16.8 Å². The Kier molecular flexibility index (Phi) is 7.50. The second-order valence-corrected chi connectivity index (χ2v) is 11.5. The first kappa shape index (κ1) is 26.2. The number of carbonyl (C=O) groups is 2. The molecule has 34 heavy (non-hydrogen) atoms. The van der Waals surface area contributed by atoms with Gasteiger partial charge in [-0.1, -0.05) is 44.0 Å². The summed E-state index contributed by atoms with van der Waals surface area (Å²) in [5.41, 5.74) is 0.129. The van der Waals surface area contributed by atoms with Gasteiger partial charge in [-0.15, -0.1) is 0 Å². The van der Waals surface area contributed by atoms with Crippen molar-refractivity contribution in [1.29, 1.82) is 0 Å². The highest BCUT2D eigenvalue weighted by Crippen LogP contribution is 2.36. The number of benzene rings is 3. The first-order chi connectivity index (χ1) is 15.7. The molecule has 180 valence electrons. The second kappa shape index (κ2) is 9.71. The maximum Gasteiger partial charge on any atom is 0.295 e. The topological polar surface area (TPSA) is 175 Å². The number of rotatable bonds is 7. The van der Waals surface area contributed by atoms with E-state index in [4.69, 9.17) is 0 Å². The maximum absolute atomic E-state index is 13.3. The van der Waals surface area contributed by atoms with E-state index in [1.165, 1.54) is 24.3 Å². The zero-order chi connectivity index (χ0) is 25.4. The minimum atomic E-state index is -4.90. The summed E-state index contributed by atoms with van der Waals surface area (Å²) in [6.45, 7) is 0. The van der Waals surface area contributed by atoms with Crippen LogP contribution in [0.25, 0.3) is 10.8 Å². The minimum absolute atomic E-state index is 0.0573. The summed E-state index contributed by atoms with van der Waals surface area (Å²) >= 11 is 6.34. The molecule has 4 N–H and O–H groups in total. The predicted molar refractivity (Wildman–Crippen MR) is 130 cm³/mol. The van der Waals surface area contributed by atoms with Crippen molar-refractivity contribution in [2.24, 2.45) is 0 Å². The highest BCUT2D eigenvalue weighted by atomic mass is 79.9. The maximum atomic E-state index is 13.3. The number of hydrogen-bond donors (Lipinski definition) is 4. The van der Waals surface area contributed by atoms with Crippen LogP contribution < -0.4 is 5.32 Å². The van der Waals surface area contributed by atoms with Crippen molar-refractivity contribution in [3.8, 4) is 5.75 Å². The molecule has 0 aliphatic heterocycles. The lowest BCUT2D eigenvalue weighted by Crippen LogP contribution is -2.23. The Hall–Kier alpha value is -2.36. The third-order valence-corrected chi connectivity index (χ3v) is 8.66. The van der Waals surface area contributed by atoms with Gasteiger partial charge >= 0.3 is 0 Å². The molecule has 0 aliphatic rings. The van der Waals surface area contributed by atoms with E-state index in [2.05, 4.69) is 37.2 Å². The monoisotopic (exact) mass is 635 g/mol. The molecule has 14 heteroatoms. The van der Waals surface area contributed by atoms with Gasteiger partial charge in [0.05, 0.1) is 4.90 Å². The fourth-order valence-corrected chi connectivity index (χ4v) is 4.77. The molecule has 0 aromatic heterocycles. The minimum Gasteiger partial charge on any atom is -0.507 e. The Bertz CT molecular complexity index is 1540. The van der Waals surface area contributed by atoms with Crippen LogP contribution in [0, 0.1) is 0 Å². The first-order valence-corrected chi connectivity index (χ1v) is 14.1. The quantitative estimate of drug-likeness (QED) is 0.172. The fraction of sp³-hybridized carbons (Fsp3) is 0.100. The standard InChI is InChI=1S/C20H15Br2NO9S2/c21-9-15(22)20(26)23-11-3-1-2-10(6-11)19(25)13-4-5-17(34(30,31)32)14-7-12(33(27,28)29)8-16(24)18(13)14/h1-8,15,24H,9H2,(H,23,26)(H,27,28,29)(H,30,31,32). The summed E-state index contributed by atoms with van der Waals surface area (Å²) in [6, 6.07) is 9.09. The molecule has 3 aromatic rings. The molecule has 1 atom stereocenters. The van der Waals surface area contributed by atoms with Crippen LogP contribution in [0.5, 0.6) is 5.75 Å². The van der Waals surface area contributed by atoms with Crippen LogP contribution >= 0.6 is 31.9 Å². The van der Waals surface area contributed by atoms with E-state index in [1.807, 2.05) is 0 Å². The van der Waals surface area contributed by atoms with Gasteiger partial charge in [-0.25, -0.2) is 0 Å². The Morgan fingerprint density at radius 1 is 0.971 bits per heavy atom. The van der Waals surface area contributed by atoms with Crippen molar-refractivity contribution in [3.63, 3.8) is 0 Å². The largest absolute Gasteiger partial charge is 0.507 e. The molecular weight excluding hydrogens is 622 g/mol. The number of aromatic hydroxyl groups is 1. The van der Waals surface area contributed by atoms with E-state index < -0.39 is 51.8 Å². The number of carbonyl (C=O) groups excluding carboxylic acids is 2. The van der Waals surface area contributed by atoms with Gasteiger partial charge in [0.15, 0.2) is 5.78 Å². The van der Waals surface area contributed by atoms with Gasteiger partial charge in [0.25, 0.3) is 20.2 Å². The van der Waals surface area contributed by atoms with Crippen molar-refractivity contribution >= 4 is 80.2 Å². The van der Waals surface area contributed by atoms with E-state index in [-0.39, 0.29) is 28.1 Å². The van der Waals surface area contributed by atoms with Crippen LogP contribution in [0.1, 0.15) is 15.9 Å². The SMILES string of the molecule is O=C(c1cccc(NC(=O)C(Br)CBr)c1)c1ccc(S(=O)(=O)O)c2cc(S(=O)(=O)O)cc(O)c12. The van der Waals surface area contributed by atoms with Crippen LogP contribution in [0.2, 0.25) is 0 Å². The number of phenols is 1. The zero-order valence-electron chi connectivity index (χ0n) is 16.8. The van der Waals surface area contributed by atoms with Crippen molar-refractivity contribution in [2.45, 2.75) is 14.6 Å². The number of amides is 1. The van der Waals surface area contributed by atoms with Gasteiger partial charge in [0.1, 0.15) is 15.5 Å². The average molecular weight is 637 g/mol. The van der Waals surface area contributed by atoms with E-state index in [0.29, 0.717) is 11.4 Å². The number of hydrogen-bond acceptors (Lipinski definition) is 7. The molecule has 0 saturated carbocycles. The highest BCUT2D eigenvalue weighted by molar-refractivity contribution is 9.12. The Morgan fingerprint density at radius 3 is 2.24 bits per heavy atom. The number of nitrogens with one attached hydrogen (secondary N) is 1. The van der Waals surface area contributed by atoms with Crippen LogP contribution in [-0.2, 0) is 25.0 Å². The molecule has 0 aliphatic carbocycles. The van der Waals surface area contributed by atoms with Crippen molar-refractivity contribution in [3.05, 3.63) is 59.7 Å². The molecular formula is C20H15Br2NO9S2. The summed E-state index contributed by atoms with van der Waals surface area (Å²) in [7, 11) is -9.76. The van der Waals surface area contributed by atoms with Gasteiger partial charge < -0.3 is 10.4 Å². The molecule has 3 aromatic carbocycles. The lowest BCUT2D eigenvalue weighted by Gasteiger charge is -2.13. The normalized spacial score (nSPS) is 12.9. The number of halogens is 2. The number of phenolic OH excluding ortho intramolecular Hbond substituents is 1. The third-order valence-electron chi connectivity index (χ3n) is 4.66. The lowest BCUT2D eigenvalue weighted by molar-refractivity contribution is -0.115. The lowest BCUT2D eigenvalue weighted by atomic mass is 9.96. The Labute approximate surface area is 210 Å². The van der Waals surface area contributed by atoms with Crippen LogP contribution in [-0.4, -0.2) is 52.9 Å². The fourth-order valence-electron chi connectivity index (χ4n) is 3.16. The van der Waals surface area contributed by atoms with Gasteiger partial charge in [-0.05, 0) is 30.3 Å². The first-order valence-electron chi connectivity index (χ1n) is 9.14. The summed E-state index contributed by atoms with van der Waals surface area (Å²) < 4.78 is 65.6. The zero-order valence-corrected chi connectivity index (χ0v) is 21.6. The van der Waals surface area contributed by atoms with Crippen molar-refractivity contribution in [1.82, 2.24) is 0 Å². The summed E-state index contributed by atoms with van der Waals surface area (Å²) in [5.74, 6) is -1.89. The number of alkyl halides is 2. The van der Waals surface area contributed by atoms with E-state index >= 15 is 0 Å². The van der Waals surface area contributed by atoms with Gasteiger partial charge in [0.2, 0.25) is 5.91 Å². The molecule has 0 radical (unpaired) electrons. The smallest absolute Gasteiger partial charge is 0.295 e. The number of fused-ring (bicyclic) bond motifs is 1.